The molecule has 0 aliphatic rings. The van der Waals surface area contributed by atoms with Crippen LogP contribution in [0.4, 0.5) is 5.69 Å². The summed E-state index contributed by atoms with van der Waals surface area (Å²) < 4.78 is 11.1. The smallest absolute Gasteiger partial charge is 0.286 e. The van der Waals surface area contributed by atoms with Gasteiger partial charge in [0, 0.05) is 23.7 Å². The average Bonchev–Trinajstić information content (AvgIpc) is 3.51. The van der Waals surface area contributed by atoms with Gasteiger partial charge in [-0.15, -0.1) is 10.2 Å². The van der Waals surface area contributed by atoms with Gasteiger partial charge in [0.1, 0.15) is 18.1 Å². The molecule has 174 valence electrons. The Hall–Kier alpha value is -3.98. The highest BCUT2D eigenvalue weighted by Crippen LogP contribution is 2.20. The molecule has 2 N–H and O–H groups in total. The van der Waals surface area contributed by atoms with Gasteiger partial charge in [-0.1, -0.05) is 29.5 Å². The minimum Gasteiger partial charge on any atom is -0.486 e. The van der Waals surface area contributed by atoms with Crippen LogP contribution in [-0.2, 0) is 13.0 Å². The van der Waals surface area contributed by atoms with Crippen molar-refractivity contribution in [1.82, 2.24) is 15.5 Å². The Kier molecular flexibility index (Phi) is 7.34. The molecule has 0 aliphatic heterocycles. The van der Waals surface area contributed by atoms with Gasteiger partial charge in [0.05, 0.1) is 6.26 Å². The van der Waals surface area contributed by atoms with Crippen LogP contribution >= 0.6 is 11.3 Å². The number of carbonyl (C=O) groups excluding carboxylic acids is 2. The van der Waals surface area contributed by atoms with Gasteiger partial charge >= 0.3 is 0 Å². The van der Waals surface area contributed by atoms with Gasteiger partial charge in [-0.05, 0) is 61.9 Å². The normalized spacial score (nSPS) is 11.6. The fraction of sp³-hybridized carbons (Fsp3) is 0.200. The number of benzene rings is 2. The summed E-state index contributed by atoms with van der Waals surface area (Å²) >= 11 is 1.17. The molecule has 0 spiro atoms. The predicted octanol–water partition coefficient (Wildman–Crippen LogP) is 4.63. The van der Waals surface area contributed by atoms with Crippen LogP contribution in [0.15, 0.2) is 71.3 Å². The Morgan fingerprint density at radius 1 is 1.03 bits per heavy atom. The molecule has 4 rings (SSSR count). The molecule has 1 atom stereocenters. The van der Waals surface area contributed by atoms with E-state index < -0.39 is 0 Å². The molecular weight excluding hydrogens is 452 g/mol. The number of para-hydroxylation sites is 1. The van der Waals surface area contributed by atoms with Gasteiger partial charge in [0.2, 0.25) is 5.01 Å². The molecule has 0 unspecified atom stereocenters. The number of ether oxygens (including phenoxy) is 1. The summed E-state index contributed by atoms with van der Waals surface area (Å²) in [7, 11) is 0. The molecule has 0 aliphatic carbocycles. The lowest BCUT2D eigenvalue weighted by atomic mass is 10.1. The third-order valence-electron chi connectivity index (χ3n) is 4.98. The molecule has 2 heterocycles. The third kappa shape index (κ3) is 6.08. The van der Waals surface area contributed by atoms with E-state index in [1.807, 2.05) is 50.2 Å². The Bertz CT molecular complexity index is 1250. The third-order valence-corrected chi connectivity index (χ3v) is 5.87. The Morgan fingerprint density at radius 2 is 1.82 bits per heavy atom. The van der Waals surface area contributed by atoms with Gasteiger partial charge in [-0.25, -0.2) is 0 Å². The molecule has 34 heavy (non-hydrogen) atoms. The largest absolute Gasteiger partial charge is 0.486 e. The SMILES string of the molecule is Cc1ccccc1OCc1nnc(C(=O)Nc2ccc(C(=O)N[C@H](C)Cc3ccco3)cc2)s1. The summed E-state index contributed by atoms with van der Waals surface area (Å²) in [5.41, 5.74) is 2.07. The van der Waals surface area contributed by atoms with Gasteiger partial charge in [0.15, 0.2) is 5.01 Å². The number of nitrogens with one attached hydrogen (secondary N) is 2. The van der Waals surface area contributed by atoms with E-state index in [1.54, 1.807) is 30.5 Å². The fourth-order valence-corrected chi connectivity index (χ4v) is 3.89. The maximum Gasteiger partial charge on any atom is 0.286 e. The minimum absolute atomic E-state index is 0.0839. The Morgan fingerprint density at radius 3 is 2.56 bits per heavy atom. The number of amides is 2. The standard InChI is InChI=1S/C25H24N4O4S/c1-16-6-3-4-8-21(16)33-15-22-28-29-25(34-22)24(31)27-19-11-9-18(10-12-19)23(30)26-17(2)14-20-7-5-13-32-20/h3-13,17H,14-15H2,1-2H3,(H,26,30)(H,27,31)/t17-/m1/s1. The summed E-state index contributed by atoms with van der Waals surface area (Å²) in [5.74, 6) is 1.01. The highest BCUT2D eigenvalue weighted by molar-refractivity contribution is 7.13. The van der Waals surface area contributed by atoms with E-state index in [0.717, 1.165) is 17.1 Å². The van der Waals surface area contributed by atoms with Crippen molar-refractivity contribution in [1.29, 1.82) is 0 Å². The van der Waals surface area contributed by atoms with Crippen LogP contribution in [0.5, 0.6) is 5.75 Å². The van der Waals surface area contributed by atoms with Crippen molar-refractivity contribution < 1.29 is 18.7 Å². The predicted molar refractivity (Wildman–Crippen MR) is 129 cm³/mol. The molecule has 4 aromatic rings. The number of nitrogens with zero attached hydrogens (tertiary/aromatic N) is 2. The number of hydrogen-bond acceptors (Lipinski definition) is 7. The molecular formula is C25H24N4O4S. The summed E-state index contributed by atoms with van der Waals surface area (Å²) in [5, 5.41) is 14.5. The lowest BCUT2D eigenvalue weighted by Gasteiger charge is -2.13. The minimum atomic E-state index is -0.371. The number of rotatable bonds is 9. The van der Waals surface area contributed by atoms with Crippen molar-refractivity contribution in [2.24, 2.45) is 0 Å². The highest BCUT2D eigenvalue weighted by atomic mass is 32.1. The van der Waals surface area contributed by atoms with Crippen LogP contribution < -0.4 is 15.4 Å². The summed E-state index contributed by atoms with van der Waals surface area (Å²) in [6, 6.07) is 18.0. The van der Waals surface area contributed by atoms with Crippen molar-refractivity contribution in [2.45, 2.75) is 32.9 Å². The first-order valence-corrected chi connectivity index (χ1v) is 11.5. The Balaban J connectivity index is 1.29. The van der Waals surface area contributed by atoms with Crippen LogP contribution in [0.3, 0.4) is 0 Å². The van der Waals surface area contributed by atoms with E-state index in [0.29, 0.717) is 22.7 Å². The number of hydrogen-bond donors (Lipinski definition) is 2. The van der Waals surface area contributed by atoms with Crippen LogP contribution in [0.25, 0.3) is 0 Å². The highest BCUT2D eigenvalue weighted by Gasteiger charge is 2.15. The van der Waals surface area contributed by atoms with Crippen LogP contribution in [0, 0.1) is 6.92 Å². The lowest BCUT2D eigenvalue weighted by Crippen LogP contribution is -2.33. The van der Waals surface area contributed by atoms with Crippen LogP contribution in [0.2, 0.25) is 0 Å². The summed E-state index contributed by atoms with van der Waals surface area (Å²) in [6.07, 6.45) is 2.21. The second-order valence-corrected chi connectivity index (χ2v) is 8.81. The molecule has 9 heteroatoms. The topological polar surface area (TPSA) is 106 Å². The maximum atomic E-state index is 12.5. The van der Waals surface area contributed by atoms with Crippen molar-refractivity contribution in [3.63, 3.8) is 0 Å². The molecule has 0 bridgehead atoms. The zero-order chi connectivity index (χ0) is 23.9. The monoisotopic (exact) mass is 476 g/mol. The van der Waals surface area contributed by atoms with Crippen molar-refractivity contribution in [3.8, 4) is 5.75 Å². The molecule has 2 aromatic heterocycles. The zero-order valence-corrected chi connectivity index (χ0v) is 19.6. The first-order chi connectivity index (χ1) is 16.5. The second kappa shape index (κ2) is 10.8. The molecule has 8 nitrogen and oxygen atoms in total. The van der Waals surface area contributed by atoms with E-state index in [1.165, 1.54) is 11.3 Å². The Labute approximate surface area is 201 Å². The van der Waals surface area contributed by atoms with Crippen molar-refractivity contribution >= 4 is 28.8 Å². The van der Waals surface area contributed by atoms with E-state index in [-0.39, 0.29) is 29.5 Å². The van der Waals surface area contributed by atoms with E-state index in [2.05, 4.69) is 20.8 Å². The van der Waals surface area contributed by atoms with Gasteiger partial charge in [0.25, 0.3) is 11.8 Å². The second-order valence-electron chi connectivity index (χ2n) is 7.74. The summed E-state index contributed by atoms with van der Waals surface area (Å²) in [6.45, 7) is 4.11. The molecule has 0 saturated carbocycles. The van der Waals surface area contributed by atoms with Crippen molar-refractivity contribution in [2.75, 3.05) is 5.32 Å². The number of furan rings is 1. The van der Waals surface area contributed by atoms with Crippen molar-refractivity contribution in [3.05, 3.63) is 93.8 Å². The fourth-order valence-electron chi connectivity index (χ4n) is 3.24. The van der Waals surface area contributed by atoms with Gasteiger partial charge in [-0.2, -0.15) is 0 Å². The quantitative estimate of drug-likeness (QED) is 0.365. The molecule has 0 fully saturated rings. The zero-order valence-electron chi connectivity index (χ0n) is 18.8. The van der Waals surface area contributed by atoms with Gasteiger partial charge < -0.3 is 19.8 Å². The molecule has 0 saturated heterocycles. The number of carbonyl (C=O) groups is 2. The van der Waals surface area contributed by atoms with E-state index in [4.69, 9.17) is 9.15 Å². The first kappa shape index (κ1) is 23.2. The van der Waals surface area contributed by atoms with E-state index in [9.17, 15) is 9.59 Å². The number of aromatic nitrogens is 2. The summed E-state index contributed by atoms with van der Waals surface area (Å²) in [4.78, 5) is 25.0. The van der Waals surface area contributed by atoms with E-state index >= 15 is 0 Å². The number of anilines is 1. The molecule has 0 radical (unpaired) electrons. The van der Waals surface area contributed by atoms with Crippen LogP contribution in [0.1, 0.15) is 43.4 Å². The number of aryl methyl sites for hydroxylation is 1. The van der Waals surface area contributed by atoms with Crippen LogP contribution in [-0.4, -0.2) is 28.1 Å². The van der Waals surface area contributed by atoms with Gasteiger partial charge in [-0.3, -0.25) is 9.59 Å². The average molecular weight is 477 g/mol. The lowest BCUT2D eigenvalue weighted by molar-refractivity contribution is 0.0938. The molecule has 2 amide bonds. The maximum absolute atomic E-state index is 12.5. The molecule has 2 aromatic carbocycles. The first-order valence-electron chi connectivity index (χ1n) is 10.7.